The van der Waals surface area contributed by atoms with Crippen LogP contribution >= 0.6 is 11.8 Å². The Bertz CT molecular complexity index is 475. The van der Waals surface area contributed by atoms with Gasteiger partial charge in [-0.1, -0.05) is 11.8 Å². The van der Waals surface area contributed by atoms with Crippen LogP contribution in [0.1, 0.15) is 43.1 Å². The molecule has 2 saturated carbocycles. The van der Waals surface area contributed by atoms with Gasteiger partial charge in [-0.15, -0.1) is 0 Å². The number of hydrogen-bond donors (Lipinski definition) is 1. The molecule has 1 aromatic rings. The Hall–Kier alpha value is -0.970. The highest BCUT2D eigenvalue weighted by atomic mass is 32.2. The molecule has 0 spiro atoms. The predicted octanol–water partition coefficient (Wildman–Crippen LogP) is 2.21. The zero-order chi connectivity index (χ0) is 12.7. The quantitative estimate of drug-likeness (QED) is 0.830. The fourth-order valence-corrected chi connectivity index (χ4v) is 3.06. The Morgan fingerprint density at radius 2 is 2.11 bits per heavy atom. The lowest BCUT2D eigenvalue weighted by molar-refractivity contribution is -0.118. The van der Waals surface area contributed by atoms with E-state index in [9.17, 15) is 4.79 Å². The number of aryl methyl sites for hydroxylation is 1. The SMILES string of the molecule is Cc1nc(SCC(=O)NC2CC2)n(C2CC2)c1C. The van der Waals surface area contributed by atoms with E-state index in [0.717, 1.165) is 23.7 Å². The maximum atomic E-state index is 11.7. The van der Waals surface area contributed by atoms with Crippen molar-refractivity contribution in [3.63, 3.8) is 0 Å². The van der Waals surface area contributed by atoms with Crippen LogP contribution in [0.5, 0.6) is 0 Å². The van der Waals surface area contributed by atoms with Crippen LogP contribution in [0.15, 0.2) is 5.16 Å². The highest BCUT2D eigenvalue weighted by Crippen LogP contribution is 2.39. The average Bonchev–Trinajstić information content (AvgIpc) is 3.20. The zero-order valence-electron chi connectivity index (χ0n) is 10.9. The van der Waals surface area contributed by atoms with Crippen LogP contribution < -0.4 is 5.32 Å². The van der Waals surface area contributed by atoms with Gasteiger partial charge in [-0.2, -0.15) is 0 Å². The van der Waals surface area contributed by atoms with E-state index in [1.54, 1.807) is 11.8 Å². The smallest absolute Gasteiger partial charge is 0.230 e. The number of aromatic nitrogens is 2. The number of nitrogens with zero attached hydrogens (tertiary/aromatic N) is 2. The van der Waals surface area contributed by atoms with Gasteiger partial charge in [-0.25, -0.2) is 4.98 Å². The second kappa shape index (κ2) is 4.61. The van der Waals surface area contributed by atoms with E-state index in [2.05, 4.69) is 21.8 Å². The minimum absolute atomic E-state index is 0.142. The summed E-state index contributed by atoms with van der Waals surface area (Å²) in [6, 6.07) is 1.07. The molecule has 18 heavy (non-hydrogen) atoms. The van der Waals surface area contributed by atoms with E-state index in [0.29, 0.717) is 17.8 Å². The number of rotatable bonds is 5. The summed E-state index contributed by atoms with van der Waals surface area (Å²) in [6.07, 6.45) is 4.79. The van der Waals surface area contributed by atoms with Crippen LogP contribution in [0.25, 0.3) is 0 Å². The molecule has 1 amide bonds. The van der Waals surface area contributed by atoms with E-state index in [4.69, 9.17) is 0 Å². The second-order valence-electron chi connectivity index (χ2n) is 5.30. The molecular formula is C13H19N3OS. The Labute approximate surface area is 112 Å². The molecule has 0 aliphatic heterocycles. The molecule has 0 unspecified atom stereocenters. The van der Waals surface area contributed by atoms with E-state index >= 15 is 0 Å². The largest absolute Gasteiger partial charge is 0.353 e. The third kappa shape index (κ3) is 2.55. The lowest BCUT2D eigenvalue weighted by atomic mass is 10.4. The van der Waals surface area contributed by atoms with Crippen molar-refractivity contribution in [2.75, 3.05) is 5.75 Å². The number of imidazole rings is 1. The van der Waals surface area contributed by atoms with E-state index in [1.807, 2.05) is 6.92 Å². The van der Waals surface area contributed by atoms with Gasteiger partial charge >= 0.3 is 0 Å². The Balaban J connectivity index is 1.64. The molecule has 0 saturated heterocycles. The normalized spacial score (nSPS) is 19.0. The van der Waals surface area contributed by atoms with Gasteiger partial charge in [0.05, 0.1) is 11.4 Å². The fourth-order valence-electron chi connectivity index (χ4n) is 2.09. The lowest BCUT2D eigenvalue weighted by Crippen LogP contribution is -2.27. The Morgan fingerprint density at radius 3 is 2.72 bits per heavy atom. The van der Waals surface area contributed by atoms with Gasteiger partial charge in [0.25, 0.3) is 0 Å². The van der Waals surface area contributed by atoms with Gasteiger partial charge < -0.3 is 9.88 Å². The molecule has 2 aliphatic rings. The molecule has 4 nitrogen and oxygen atoms in total. The minimum Gasteiger partial charge on any atom is -0.353 e. The molecule has 1 aromatic heterocycles. The third-order valence-electron chi connectivity index (χ3n) is 3.54. The van der Waals surface area contributed by atoms with Crippen molar-refractivity contribution < 1.29 is 4.79 Å². The molecule has 1 heterocycles. The van der Waals surface area contributed by atoms with Gasteiger partial charge in [0.2, 0.25) is 5.91 Å². The van der Waals surface area contributed by atoms with E-state index in [-0.39, 0.29) is 5.91 Å². The maximum Gasteiger partial charge on any atom is 0.230 e. The van der Waals surface area contributed by atoms with Gasteiger partial charge in [0.15, 0.2) is 5.16 Å². The Kier molecular flexibility index (Phi) is 3.09. The van der Waals surface area contributed by atoms with Crippen LogP contribution in [-0.4, -0.2) is 27.3 Å². The topological polar surface area (TPSA) is 46.9 Å². The van der Waals surface area contributed by atoms with E-state index in [1.165, 1.54) is 18.5 Å². The number of hydrogen-bond acceptors (Lipinski definition) is 3. The molecule has 0 bridgehead atoms. The van der Waals surface area contributed by atoms with Crippen molar-refractivity contribution in [2.24, 2.45) is 0 Å². The summed E-state index contributed by atoms with van der Waals surface area (Å²) in [5.41, 5.74) is 2.34. The highest BCUT2D eigenvalue weighted by Gasteiger charge is 2.29. The number of nitrogens with one attached hydrogen (secondary N) is 1. The summed E-state index contributed by atoms with van der Waals surface area (Å²) < 4.78 is 2.31. The predicted molar refractivity (Wildman–Crippen MR) is 71.9 cm³/mol. The van der Waals surface area contributed by atoms with Crippen LogP contribution in [0, 0.1) is 13.8 Å². The fraction of sp³-hybridized carbons (Fsp3) is 0.692. The first-order valence-electron chi connectivity index (χ1n) is 6.62. The van der Waals surface area contributed by atoms with Crippen LogP contribution in [-0.2, 0) is 4.79 Å². The number of thioether (sulfide) groups is 1. The Morgan fingerprint density at radius 1 is 1.39 bits per heavy atom. The van der Waals surface area contributed by atoms with Gasteiger partial charge in [0, 0.05) is 17.8 Å². The summed E-state index contributed by atoms with van der Waals surface area (Å²) in [5.74, 6) is 0.627. The molecule has 3 rings (SSSR count). The van der Waals surface area contributed by atoms with E-state index < -0.39 is 0 Å². The van der Waals surface area contributed by atoms with Crippen molar-refractivity contribution in [1.82, 2.24) is 14.9 Å². The van der Waals surface area contributed by atoms with Gasteiger partial charge in [0.1, 0.15) is 0 Å². The first-order valence-corrected chi connectivity index (χ1v) is 7.61. The first-order chi connectivity index (χ1) is 8.65. The summed E-state index contributed by atoms with van der Waals surface area (Å²) in [5, 5.41) is 4.03. The molecule has 2 fully saturated rings. The molecule has 98 valence electrons. The van der Waals surface area contributed by atoms with Crippen molar-refractivity contribution in [3.05, 3.63) is 11.4 Å². The van der Waals surface area contributed by atoms with Crippen molar-refractivity contribution in [3.8, 4) is 0 Å². The summed E-state index contributed by atoms with van der Waals surface area (Å²) in [6.45, 7) is 4.16. The summed E-state index contributed by atoms with van der Waals surface area (Å²) >= 11 is 1.57. The lowest BCUT2D eigenvalue weighted by Gasteiger charge is -2.08. The van der Waals surface area contributed by atoms with Crippen molar-refractivity contribution in [1.29, 1.82) is 0 Å². The third-order valence-corrected chi connectivity index (χ3v) is 4.49. The zero-order valence-corrected chi connectivity index (χ0v) is 11.7. The highest BCUT2D eigenvalue weighted by molar-refractivity contribution is 7.99. The molecule has 1 N–H and O–H groups in total. The van der Waals surface area contributed by atoms with Crippen LogP contribution in [0.4, 0.5) is 0 Å². The average molecular weight is 265 g/mol. The molecule has 0 radical (unpaired) electrons. The van der Waals surface area contributed by atoms with Crippen LogP contribution in [0.2, 0.25) is 0 Å². The van der Waals surface area contributed by atoms with Gasteiger partial charge in [-0.05, 0) is 39.5 Å². The van der Waals surface area contributed by atoms with Crippen LogP contribution in [0.3, 0.4) is 0 Å². The van der Waals surface area contributed by atoms with Gasteiger partial charge in [-0.3, -0.25) is 4.79 Å². The van der Waals surface area contributed by atoms with Crippen molar-refractivity contribution in [2.45, 2.75) is 56.8 Å². The second-order valence-corrected chi connectivity index (χ2v) is 6.24. The van der Waals surface area contributed by atoms with Crippen molar-refractivity contribution >= 4 is 17.7 Å². The number of carbonyl (C=O) groups excluding carboxylic acids is 1. The molecule has 0 aromatic carbocycles. The maximum absolute atomic E-state index is 11.7. The number of carbonyl (C=O) groups is 1. The summed E-state index contributed by atoms with van der Waals surface area (Å²) in [4.78, 5) is 16.3. The molecule has 2 aliphatic carbocycles. The number of amides is 1. The first kappa shape index (κ1) is 12.1. The summed E-state index contributed by atoms with van der Waals surface area (Å²) in [7, 11) is 0. The molecular weight excluding hydrogens is 246 g/mol. The standard InChI is InChI=1S/C13H19N3OS/c1-8-9(2)16(11-5-6-11)13(14-8)18-7-12(17)15-10-3-4-10/h10-11H,3-7H2,1-2H3,(H,15,17). The monoisotopic (exact) mass is 265 g/mol. The molecule has 5 heteroatoms. The molecule has 0 atom stereocenters. The minimum atomic E-state index is 0.142.